The zero-order valence-corrected chi connectivity index (χ0v) is 8.88. The minimum atomic E-state index is 0.947. The van der Waals surface area contributed by atoms with Crippen molar-refractivity contribution in [1.82, 2.24) is 0 Å². The molecular formula is C9H11IO. The van der Waals surface area contributed by atoms with E-state index in [4.69, 9.17) is 4.74 Å². The lowest BCUT2D eigenvalue weighted by atomic mass is 10.1. The lowest BCUT2D eigenvalue weighted by Crippen LogP contribution is -1.87. The Labute approximate surface area is 80.9 Å². The molecule has 0 N–H and O–H groups in total. The van der Waals surface area contributed by atoms with Crippen LogP contribution in [0.25, 0.3) is 0 Å². The van der Waals surface area contributed by atoms with Crippen LogP contribution in [0, 0.1) is 6.92 Å². The number of benzene rings is 1. The first-order valence-corrected chi connectivity index (χ1v) is 5.00. The molecule has 0 atom stereocenters. The third-order valence-corrected chi connectivity index (χ3v) is 2.52. The number of aryl methyl sites for hydroxylation is 1. The third kappa shape index (κ3) is 2.09. The fourth-order valence-electron chi connectivity index (χ4n) is 0.919. The monoisotopic (exact) mass is 262 g/mol. The second-order valence-electron chi connectivity index (χ2n) is 2.43. The average Bonchev–Trinajstić information content (AvgIpc) is 2.05. The number of hydrogen-bond donors (Lipinski definition) is 0. The summed E-state index contributed by atoms with van der Waals surface area (Å²) >= 11 is 2.36. The van der Waals surface area contributed by atoms with Crippen LogP contribution in [0.15, 0.2) is 18.2 Å². The maximum atomic E-state index is 5.11. The second-order valence-corrected chi connectivity index (χ2v) is 3.19. The van der Waals surface area contributed by atoms with Crippen LogP contribution in [0.4, 0.5) is 0 Å². The van der Waals surface area contributed by atoms with Crippen LogP contribution in [0.2, 0.25) is 0 Å². The van der Waals surface area contributed by atoms with Crippen LogP contribution in [0.1, 0.15) is 11.1 Å². The number of rotatable bonds is 2. The summed E-state index contributed by atoms with van der Waals surface area (Å²) in [4.78, 5) is 0. The van der Waals surface area contributed by atoms with Crippen molar-refractivity contribution in [2.75, 3.05) is 7.11 Å². The average molecular weight is 262 g/mol. The minimum Gasteiger partial charge on any atom is -0.497 e. The summed E-state index contributed by atoms with van der Waals surface area (Å²) in [5, 5.41) is 0. The zero-order chi connectivity index (χ0) is 8.27. The first-order chi connectivity index (χ1) is 5.27. The molecule has 1 aromatic rings. The van der Waals surface area contributed by atoms with Crippen LogP contribution in [-0.2, 0) is 4.43 Å². The molecule has 0 bridgehead atoms. The largest absolute Gasteiger partial charge is 0.497 e. The predicted octanol–water partition coefficient (Wildman–Crippen LogP) is 2.94. The Morgan fingerprint density at radius 1 is 1.45 bits per heavy atom. The van der Waals surface area contributed by atoms with Gasteiger partial charge < -0.3 is 4.74 Å². The second kappa shape index (κ2) is 3.95. The zero-order valence-electron chi connectivity index (χ0n) is 6.73. The minimum absolute atomic E-state index is 0.947. The van der Waals surface area contributed by atoms with E-state index in [1.165, 1.54) is 11.1 Å². The highest BCUT2D eigenvalue weighted by atomic mass is 127. The fourth-order valence-corrected chi connectivity index (χ4v) is 1.74. The molecule has 0 unspecified atom stereocenters. The summed E-state index contributed by atoms with van der Waals surface area (Å²) in [6.07, 6.45) is 0. The molecule has 0 spiro atoms. The van der Waals surface area contributed by atoms with Crippen molar-refractivity contribution in [2.45, 2.75) is 11.4 Å². The molecule has 0 aliphatic carbocycles. The van der Waals surface area contributed by atoms with Gasteiger partial charge in [-0.2, -0.15) is 0 Å². The van der Waals surface area contributed by atoms with Gasteiger partial charge in [0, 0.05) is 4.43 Å². The summed E-state index contributed by atoms with van der Waals surface area (Å²) in [5.74, 6) is 0.947. The number of alkyl halides is 1. The highest BCUT2D eigenvalue weighted by Crippen LogP contribution is 2.18. The maximum absolute atomic E-state index is 5.11. The van der Waals surface area contributed by atoms with E-state index in [0.29, 0.717) is 0 Å². The number of ether oxygens (including phenoxy) is 1. The summed E-state index contributed by atoms with van der Waals surface area (Å²) in [7, 11) is 1.70. The van der Waals surface area contributed by atoms with Crippen molar-refractivity contribution in [2.24, 2.45) is 0 Å². The van der Waals surface area contributed by atoms with Crippen LogP contribution in [0.5, 0.6) is 5.75 Å². The van der Waals surface area contributed by atoms with Crippen molar-refractivity contribution in [1.29, 1.82) is 0 Å². The molecular weight excluding hydrogens is 251 g/mol. The number of methoxy groups -OCH3 is 1. The van der Waals surface area contributed by atoms with E-state index in [0.717, 1.165) is 10.2 Å². The van der Waals surface area contributed by atoms with Crippen LogP contribution in [0.3, 0.4) is 0 Å². The summed E-state index contributed by atoms with van der Waals surface area (Å²) in [6.45, 7) is 2.12. The van der Waals surface area contributed by atoms with Gasteiger partial charge >= 0.3 is 0 Å². The normalized spacial score (nSPS) is 9.73. The molecule has 1 rings (SSSR count). The Bertz CT molecular complexity index is 245. The first-order valence-electron chi connectivity index (χ1n) is 3.47. The van der Waals surface area contributed by atoms with Crippen molar-refractivity contribution in [3.05, 3.63) is 29.3 Å². The van der Waals surface area contributed by atoms with Gasteiger partial charge in [0.05, 0.1) is 7.11 Å². The highest BCUT2D eigenvalue weighted by molar-refractivity contribution is 14.1. The summed E-state index contributed by atoms with van der Waals surface area (Å²) in [5.41, 5.74) is 2.69. The molecule has 11 heavy (non-hydrogen) atoms. The molecule has 1 aromatic carbocycles. The van der Waals surface area contributed by atoms with E-state index in [-0.39, 0.29) is 0 Å². The third-order valence-electron chi connectivity index (χ3n) is 1.70. The molecule has 0 fully saturated rings. The molecule has 0 amide bonds. The molecule has 0 aromatic heterocycles. The molecule has 0 saturated heterocycles. The Hall–Kier alpha value is -0.250. The Balaban J connectivity index is 3.02. The van der Waals surface area contributed by atoms with Gasteiger partial charge in [0.15, 0.2) is 0 Å². The topological polar surface area (TPSA) is 9.23 Å². The van der Waals surface area contributed by atoms with Gasteiger partial charge in [-0.1, -0.05) is 28.7 Å². The smallest absolute Gasteiger partial charge is 0.119 e. The van der Waals surface area contributed by atoms with E-state index >= 15 is 0 Å². The maximum Gasteiger partial charge on any atom is 0.119 e. The Morgan fingerprint density at radius 3 is 2.73 bits per heavy atom. The molecule has 1 nitrogen and oxygen atoms in total. The summed E-state index contributed by atoms with van der Waals surface area (Å²) < 4.78 is 6.15. The van der Waals surface area contributed by atoms with E-state index in [9.17, 15) is 0 Å². The Kier molecular flexibility index (Phi) is 3.17. The standard InChI is InChI=1S/C9H11IO/c1-7-3-4-9(11-2)5-8(7)6-10/h3-5H,6H2,1-2H3. The van der Waals surface area contributed by atoms with Crippen molar-refractivity contribution in [3.8, 4) is 5.75 Å². The number of halogens is 1. The molecule has 0 heterocycles. The Morgan fingerprint density at radius 2 is 2.18 bits per heavy atom. The fraction of sp³-hybridized carbons (Fsp3) is 0.333. The lowest BCUT2D eigenvalue weighted by molar-refractivity contribution is 0.414. The molecule has 60 valence electrons. The predicted molar refractivity (Wildman–Crippen MR) is 55.5 cm³/mol. The van der Waals surface area contributed by atoms with E-state index in [1.807, 2.05) is 6.07 Å². The SMILES string of the molecule is COc1ccc(C)c(CI)c1. The van der Waals surface area contributed by atoms with E-state index in [2.05, 4.69) is 41.6 Å². The highest BCUT2D eigenvalue weighted by Gasteiger charge is 1.97. The molecule has 0 radical (unpaired) electrons. The lowest BCUT2D eigenvalue weighted by Gasteiger charge is -2.04. The van der Waals surface area contributed by atoms with Crippen molar-refractivity contribution < 1.29 is 4.74 Å². The van der Waals surface area contributed by atoms with E-state index in [1.54, 1.807) is 7.11 Å². The molecule has 0 aliphatic heterocycles. The van der Waals surface area contributed by atoms with Crippen molar-refractivity contribution in [3.63, 3.8) is 0 Å². The van der Waals surface area contributed by atoms with Gasteiger partial charge in [-0.3, -0.25) is 0 Å². The molecule has 2 heteroatoms. The first kappa shape index (κ1) is 8.84. The van der Waals surface area contributed by atoms with Gasteiger partial charge in [0.1, 0.15) is 5.75 Å². The van der Waals surface area contributed by atoms with Gasteiger partial charge in [0.25, 0.3) is 0 Å². The van der Waals surface area contributed by atoms with Gasteiger partial charge in [0.2, 0.25) is 0 Å². The van der Waals surface area contributed by atoms with Crippen LogP contribution >= 0.6 is 22.6 Å². The summed E-state index contributed by atoms with van der Waals surface area (Å²) in [6, 6.07) is 6.17. The quantitative estimate of drug-likeness (QED) is 0.588. The van der Waals surface area contributed by atoms with E-state index < -0.39 is 0 Å². The molecule has 0 aliphatic rings. The molecule has 0 saturated carbocycles. The van der Waals surface area contributed by atoms with Crippen LogP contribution < -0.4 is 4.74 Å². The van der Waals surface area contributed by atoms with Gasteiger partial charge in [-0.05, 0) is 30.2 Å². The van der Waals surface area contributed by atoms with Crippen LogP contribution in [-0.4, -0.2) is 7.11 Å². The van der Waals surface area contributed by atoms with Gasteiger partial charge in [-0.25, -0.2) is 0 Å². The number of hydrogen-bond acceptors (Lipinski definition) is 1. The van der Waals surface area contributed by atoms with Crippen molar-refractivity contribution >= 4 is 22.6 Å². The van der Waals surface area contributed by atoms with Gasteiger partial charge in [-0.15, -0.1) is 0 Å².